The molecule has 2 heterocycles. The van der Waals surface area contributed by atoms with Gasteiger partial charge in [-0.25, -0.2) is 4.98 Å². The molecule has 0 saturated heterocycles. The van der Waals surface area contributed by atoms with Crippen LogP contribution in [0.5, 0.6) is 5.75 Å². The molecule has 0 aliphatic carbocycles. The van der Waals surface area contributed by atoms with Crippen LogP contribution < -0.4 is 10.1 Å². The average molecular weight is 421 g/mol. The van der Waals surface area contributed by atoms with Gasteiger partial charge in [0.25, 0.3) is 5.89 Å². The Hall–Kier alpha value is -3.38. The molecule has 4 rings (SSSR count). The number of rotatable bonds is 6. The normalized spacial score (nSPS) is 11.9. The largest absolute Gasteiger partial charge is 0.476 e. The van der Waals surface area contributed by atoms with Crippen LogP contribution in [0.1, 0.15) is 28.7 Å². The summed E-state index contributed by atoms with van der Waals surface area (Å²) in [5.41, 5.74) is 3.94. The molecule has 0 spiro atoms. The van der Waals surface area contributed by atoms with E-state index in [4.69, 9.17) is 20.9 Å². The molecule has 6 nitrogen and oxygen atoms in total. The molecule has 1 N–H and O–H groups in total. The van der Waals surface area contributed by atoms with Gasteiger partial charge in [-0.15, -0.1) is 0 Å². The fourth-order valence-corrected chi connectivity index (χ4v) is 3.18. The number of benzene rings is 2. The van der Waals surface area contributed by atoms with Crippen molar-refractivity contribution in [1.29, 1.82) is 0 Å². The molecule has 0 fully saturated rings. The quantitative estimate of drug-likeness (QED) is 0.437. The molecular weight excluding hydrogens is 400 g/mol. The highest BCUT2D eigenvalue weighted by Crippen LogP contribution is 2.31. The average Bonchev–Trinajstić information content (AvgIpc) is 3.25. The third kappa shape index (κ3) is 4.14. The highest BCUT2D eigenvalue weighted by molar-refractivity contribution is 6.30. The lowest BCUT2D eigenvalue weighted by Gasteiger charge is -2.17. The lowest BCUT2D eigenvalue weighted by atomic mass is 10.1. The molecule has 7 heteroatoms. The fourth-order valence-electron chi connectivity index (χ4n) is 3.06. The van der Waals surface area contributed by atoms with E-state index in [1.54, 1.807) is 13.2 Å². The summed E-state index contributed by atoms with van der Waals surface area (Å²) in [6, 6.07) is 17.1. The molecule has 0 radical (unpaired) electrons. The predicted molar refractivity (Wildman–Crippen MR) is 117 cm³/mol. The van der Waals surface area contributed by atoms with Crippen LogP contribution >= 0.6 is 11.6 Å². The number of aryl methyl sites for hydroxylation is 2. The van der Waals surface area contributed by atoms with E-state index in [1.165, 1.54) is 5.56 Å². The van der Waals surface area contributed by atoms with E-state index in [0.29, 0.717) is 22.6 Å². The topological polar surface area (TPSA) is 73.1 Å². The van der Waals surface area contributed by atoms with Crippen molar-refractivity contribution in [3.8, 4) is 17.1 Å². The highest BCUT2D eigenvalue weighted by Gasteiger charge is 2.25. The molecule has 152 valence electrons. The molecule has 2 aromatic carbocycles. The summed E-state index contributed by atoms with van der Waals surface area (Å²) in [5.74, 6) is 2.17. The van der Waals surface area contributed by atoms with Crippen molar-refractivity contribution in [2.24, 2.45) is 0 Å². The monoisotopic (exact) mass is 420 g/mol. The summed E-state index contributed by atoms with van der Waals surface area (Å²) in [7, 11) is 1.80. The van der Waals surface area contributed by atoms with Crippen LogP contribution in [0.15, 0.2) is 65.3 Å². The van der Waals surface area contributed by atoms with E-state index in [1.807, 2.05) is 61.5 Å². The van der Waals surface area contributed by atoms with Crippen LogP contribution in [0, 0.1) is 13.8 Å². The third-order valence-corrected chi connectivity index (χ3v) is 5.11. The van der Waals surface area contributed by atoms with Crippen molar-refractivity contribution in [3.63, 3.8) is 0 Å². The van der Waals surface area contributed by atoms with E-state index < -0.39 is 6.10 Å². The Morgan fingerprint density at radius 2 is 1.83 bits per heavy atom. The maximum atomic E-state index is 6.30. The Morgan fingerprint density at radius 1 is 1.03 bits per heavy atom. The molecular formula is C23H21ClN4O2. The van der Waals surface area contributed by atoms with Gasteiger partial charge in [0.2, 0.25) is 11.9 Å². The third-order valence-electron chi connectivity index (χ3n) is 4.86. The lowest BCUT2D eigenvalue weighted by molar-refractivity contribution is 0.193. The summed E-state index contributed by atoms with van der Waals surface area (Å²) in [5, 5.41) is 7.85. The summed E-state index contributed by atoms with van der Waals surface area (Å²) in [6.07, 6.45) is 1.12. The first-order chi connectivity index (χ1) is 14.5. The molecule has 0 aliphatic heterocycles. The van der Waals surface area contributed by atoms with Gasteiger partial charge >= 0.3 is 0 Å². The van der Waals surface area contributed by atoms with Gasteiger partial charge in [-0.05, 0) is 61.4 Å². The van der Waals surface area contributed by atoms with Gasteiger partial charge in [0.1, 0.15) is 11.6 Å². The van der Waals surface area contributed by atoms with Crippen LogP contribution in [0.4, 0.5) is 5.82 Å². The molecule has 1 unspecified atom stereocenters. The first kappa shape index (κ1) is 19.9. The Balaban J connectivity index is 1.73. The minimum atomic E-state index is -0.583. The van der Waals surface area contributed by atoms with Crippen molar-refractivity contribution in [3.05, 3.63) is 88.4 Å². The SMILES string of the molecule is CNc1ncccc1-c1noc(C(Oc2ccc(C)c(C)c2)c2ccc(Cl)cc2)n1. The van der Waals surface area contributed by atoms with Gasteiger partial charge in [0, 0.05) is 23.8 Å². The van der Waals surface area contributed by atoms with Crippen LogP contribution in [0.25, 0.3) is 11.4 Å². The van der Waals surface area contributed by atoms with Gasteiger partial charge in [0.15, 0.2) is 0 Å². The molecule has 0 bridgehead atoms. The Morgan fingerprint density at radius 3 is 2.57 bits per heavy atom. The molecule has 1 atom stereocenters. The maximum absolute atomic E-state index is 6.30. The number of nitrogens with one attached hydrogen (secondary N) is 1. The highest BCUT2D eigenvalue weighted by atomic mass is 35.5. The second-order valence-electron chi connectivity index (χ2n) is 6.90. The van der Waals surface area contributed by atoms with Crippen molar-refractivity contribution >= 4 is 17.4 Å². The van der Waals surface area contributed by atoms with Gasteiger partial charge in [-0.1, -0.05) is 35.0 Å². The minimum absolute atomic E-state index is 0.344. The zero-order valence-electron chi connectivity index (χ0n) is 16.9. The fraction of sp³-hybridized carbons (Fsp3) is 0.174. The van der Waals surface area contributed by atoms with Gasteiger partial charge < -0.3 is 14.6 Å². The molecule has 30 heavy (non-hydrogen) atoms. The summed E-state index contributed by atoms with van der Waals surface area (Å²) >= 11 is 6.07. The standard InChI is InChI=1S/C23H21ClN4O2/c1-14-6-11-18(13-15(14)2)29-20(16-7-9-17(24)10-8-16)23-27-22(28-30-23)19-5-4-12-26-21(19)25-3/h4-13,20H,1-3H3,(H,25,26). The Kier molecular flexibility index (Phi) is 5.68. The number of pyridine rings is 1. The first-order valence-corrected chi connectivity index (χ1v) is 9.89. The number of hydrogen-bond donors (Lipinski definition) is 1. The molecule has 0 amide bonds. The number of nitrogens with zero attached hydrogens (tertiary/aromatic N) is 3. The van der Waals surface area contributed by atoms with Crippen molar-refractivity contribution < 1.29 is 9.26 Å². The number of halogens is 1. The summed E-state index contributed by atoms with van der Waals surface area (Å²) < 4.78 is 11.9. The first-order valence-electron chi connectivity index (χ1n) is 9.51. The van der Waals surface area contributed by atoms with E-state index in [9.17, 15) is 0 Å². The van der Waals surface area contributed by atoms with Gasteiger partial charge in [-0.3, -0.25) is 0 Å². The molecule has 0 aliphatic rings. The van der Waals surface area contributed by atoms with Crippen LogP contribution in [0.3, 0.4) is 0 Å². The number of aromatic nitrogens is 3. The minimum Gasteiger partial charge on any atom is -0.476 e. The van der Waals surface area contributed by atoms with Crippen LogP contribution in [-0.4, -0.2) is 22.2 Å². The summed E-state index contributed by atoms with van der Waals surface area (Å²) in [6.45, 7) is 4.11. The van der Waals surface area contributed by atoms with Gasteiger partial charge in [0.05, 0.1) is 5.56 Å². The van der Waals surface area contributed by atoms with Crippen molar-refractivity contribution in [2.75, 3.05) is 12.4 Å². The van der Waals surface area contributed by atoms with E-state index in [-0.39, 0.29) is 0 Å². The number of hydrogen-bond acceptors (Lipinski definition) is 6. The molecule has 0 saturated carbocycles. The van der Waals surface area contributed by atoms with E-state index >= 15 is 0 Å². The number of ether oxygens (including phenoxy) is 1. The smallest absolute Gasteiger partial charge is 0.272 e. The predicted octanol–water partition coefficient (Wildman–Crippen LogP) is 5.61. The van der Waals surface area contributed by atoms with E-state index in [2.05, 4.69) is 27.4 Å². The Labute approximate surface area is 179 Å². The van der Waals surface area contributed by atoms with Crippen molar-refractivity contribution in [1.82, 2.24) is 15.1 Å². The summed E-state index contributed by atoms with van der Waals surface area (Å²) in [4.78, 5) is 8.91. The zero-order valence-corrected chi connectivity index (χ0v) is 17.6. The van der Waals surface area contributed by atoms with E-state index in [0.717, 1.165) is 22.4 Å². The lowest BCUT2D eigenvalue weighted by Crippen LogP contribution is -2.10. The Bertz CT molecular complexity index is 1160. The maximum Gasteiger partial charge on any atom is 0.272 e. The number of anilines is 1. The van der Waals surface area contributed by atoms with Crippen molar-refractivity contribution in [2.45, 2.75) is 20.0 Å². The molecule has 2 aromatic heterocycles. The second kappa shape index (κ2) is 8.55. The van der Waals surface area contributed by atoms with Crippen LogP contribution in [0.2, 0.25) is 5.02 Å². The zero-order chi connectivity index (χ0) is 21.1. The van der Waals surface area contributed by atoms with Gasteiger partial charge in [-0.2, -0.15) is 4.98 Å². The second-order valence-corrected chi connectivity index (χ2v) is 7.34. The molecule has 4 aromatic rings. The van der Waals surface area contributed by atoms with Crippen LogP contribution in [-0.2, 0) is 0 Å².